The lowest BCUT2D eigenvalue weighted by Gasteiger charge is -2.20. The summed E-state index contributed by atoms with van der Waals surface area (Å²) in [6, 6.07) is 8.94. The highest BCUT2D eigenvalue weighted by Crippen LogP contribution is 2.32. The minimum absolute atomic E-state index is 0.117. The summed E-state index contributed by atoms with van der Waals surface area (Å²) < 4.78 is 0. The van der Waals surface area contributed by atoms with E-state index in [2.05, 4.69) is 20.9 Å². The number of H-pyrrole nitrogens is 1. The molecule has 112 valence electrons. The summed E-state index contributed by atoms with van der Waals surface area (Å²) in [5, 5.41) is 9.79. The predicted octanol–water partition coefficient (Wildman–Crippen LogP) is 1.87. The Labute approximate surface area is 132 Å². The fourth-order valence-electron chi connectivity index (χ4n) is 2.80. The number of hydrogen-bond donors (Lipinski definition) is 2. The summed E-state index contributed by atoms with van der Waals surface area (Å²) >= 11 is 5.93. The Balaban J connectivity index is 1.86. The highest BCUT2D eigenvalue weighted by atomic mass is 35.5. The molecule has 3 rings (SSSR count). The molecule has 0 saturated carbocycles. The van der Waals surface area contributed by atoms with E-state index in [4.69, 9.17) is 17.3 Å². The molecule has 22 heavy (non-hydrogen) atoms. The molecule has 6 nitrogen and oxygen atoms in total. The third-order valence-electron chi connectivity index (χ3n) is 3.81. The predicted molar refractivity (Wildman–Crippen MR) is 85.0 cm³/mol. The fourth-order valence-corrected chi connectivity index (χ4v) is 2.97. The highest BCUT2D eigenvalue weighted by Gasteiger charge is 2.27. The Kier molecular flexibility index (Phi) is 3.73. The Morgan fingerprint density at radius 3 is 3.00 bits per heavy atom. The first kappa shape index (κ1) is 14.4. The van der Waals surface area contributed by atoms with Gasteiger partial charge in [0, 0.05) is 30.1 Å². The van der Waals surface area contributed by atoms with Crippen LogP contribution in [-0.2, 0) is 0 Å². The van der Waals surface area contributed by atoms with Crippen molar-refractivity contribution < 1.29 is 0 Å². The van der Waals surface area contributed by atoms with E-state index in [0.29, 0.717) is 22.8 Å². The second-order valence-electron chi connectivity index (χ2n) is 5.26. The van der Waals surface area contributed by atoms with Crippen LogP contribution in [0.3, 0.4) is 0 Å². The van der Waals surface area contributed by atoms with Crippen LogP contribution >= 0.6 is 11.6 Å². The van der Waals surface area contributed by atoms with Crippen LogP contribution in [0, 0.1) is 11.3 Å². The van der Waals surface area contributed by atoms with E-state index >= 15 is 0 Å². The maximum atomic E-state index is 11.5. The molecular weight excluding hydrogens is 302 g/mol. The molecule has 0 bridgehead atoms. The van der Waals surface area contributed by atoms with E-state index < -0.39 is 0 Å². The quantitative estimate of drug-likeness (QED) is 0.881. The van der Waals surface area contributed by atoms with Gasteiger partial charge in [0.15, 0.2) is 0 Å². The molecule has 1 fully saturated rings. The minimum atomic E-state index is -0.245. The van der Waals surface area contributed by atoms with Gasteiger partial charge in [-0.25, -0.2) is 4.98 Å². The largest absolute Gasteiger partial charge is 0.370 e. The van der Waals surface area contributed by atoms with E-state index in [1.165, 1.54) is 6.07 Å². The average Bonchev–Trinajstić information content (AvgIpc) is 2.95. The number of benzene rings is 1. The number of anilines is 2. The number of rotatable bonds is 2. The van der Waals surface area contributed by atoms with Crippen LogP contribution in [0.5, 0.6) is 0 Å². The zero-order chi connectivity index (χ0) is 15.7. The van der Waals surface area contributed by atoms with E-state index in [1.807, 2.05) is 6.07 Å². The van der Waals surface area contributed by atoms with Crippen molar-refractivity contribution in [3.05, 3.63) is 50.9 Å². The van der Waals surface area contributed by atoms with Crippen LogP contribution < -0.4 is 16.2 Å². The third-order valence-corrected chi connectivity index (χ3v) is 4.04. The van der Waals surface area contributed by atoms with Crippen molar-refractivity contribution in [2.75, 3.05) is 23.7 Å². The van der Waals surface area contributed by atoms with E-state index in [1.54, 1.807) is 12.1 Å². The monoisotopic (exact) mass is 315 g/mol. The molecule has 1 aromatic carbocycles. The Bertz CT molecular complexity index is 810. The molecule has 1 unspecified atom stereocenters. The summed E-state index contributed by atoms with van der Waals surface area (Å²) in [7, 11) is 0. The number of hydrogen-bond acceptors (Lipinski definition) is 5. The molecule has 2 aromatic rings. The normalized spacial score (nSPS) is 17.5. The first-order valence-electron chi connectivity index (χ1n) is 6.88. The maximum absolute atomic E-state index is 11.5. The zero-order valence-electron chi connectivity index (χ0n) is 11.7. The number of halogens is 1. The van der Waals surface area contributed by atoms with Gasteiger partial charge < -0.3 is 10.6 Å². The standard InChI is InChI=1S/C15H14ClN5O/c16-11-1-2-13(10(5-11)7-17)21-4-3-9(8-21)12-6-14(22)20-15(18)19-12/h1-2,5-6,9H,3-4,8H2,(H3,18,19,20,22). The van der Waals surface area contributed by atoms with Crippen LogP contribution in [0.25, 0.3) is 0 Å². The van der Waals surface area contributed by atoms with Crippen molar-refractivity contribution in [1.29, 1.82) is 5.26 Å². The maximum Gasteiger partial charge on any atom is 0.252 e. The third kappa shape index (κ3) is 2.76. The Morgan fingerprint density at radius 2 is 2.27 bits per heavy atom. The number of nitrogens with one attached hydrogen (secondary N) is 1. The molecule has 1 aliphatic heterocycles. The van der Waals surface area contributed by atoms with Crippen molar-refractivity contribution in [3.63, 3.8) is 0 Å². The Hall–Kier alpha value is -2.52. The summed E-state index contributed by atoms with van der Waals surface area (Å²) in [5.74, 6) is 0.247. The molecule has 0 aliphatic carbocycles. The molecule has 1 saturated heterocycles. The van der Waals surface area contributed by atoms with Gasteiger partial charge in [0.05, 0.1) is 16.9 Å². The molecule has 7 heteroatoms. The number of nitrogen functional groups attached to an aromatic ring is 1. The minimum Gasteiger partial charge on any atom is -0.370 e. The van der Waals surface area contributed by atoms with Gasteiger partial charge in [-0.3, -0.25) is 9.78 Å². The average molecular weight is 316 g/mol. The first-order valence-corrected chi connectivity index (χ1v) is 7.26. The van der Waals surface area contributed by atoms with Gasteiger partial charge >= 0.3 is 0 Å². The van der Waals surface area contributed by atoms with Crippen molar-refractivity contribution in [3.8, 4) is 6.07 Å². The van der Waals surface area contributed by atoms with Crippen LogP contribution in [-0.4, -0.2) is 23.1 Å². The Morgan fingerprint density at radius 1 is 1.45 bits per heavy atom. The van der Waals surface area contributed by atoms with Gasteiger partial charge in [-0.1, -0.05) is 11.6 Å². The second kappa shape index (κ2) is 5.70. The van der Waals surface area contributed by atoms with Crippen LogP contribution in [0.4, 0.5) is 11.6 Å². The first-order chi connectivity index (χ1) is 10.6. The second-order valence-corrected chi connectivity index (χ2v) is 5.70. The van der Waals surface area contributed by atoms with Crippen LogP contribution in [0.2, 0.25) is 5.02 Å². The molecule has 1 aromatic heterocycles. The van der Waals surface area contributed by atoms with Gasteiger partial charge in [0.2, 0.25) is 5.95 Å². The lowest BCUT2D eigenvalue weighted by Crippen LogP contribution is -2.21. The fraction of sp³-hybridized carbons (Fsp3) is 0.267. The summed E-state index contributed by atoms with van der Waals surface area (Å²) in [6.07, 6.45) is 0.851. The van der Waals surface area contributed by atoms with Gasteiger partial charge in [-0.15, -0.1) is 0 Å². The molecule has 0 amide bonds. The zero-order valence-corrected chi connectivity index (χ0v) is 12.5. The highest BCUT2D eigenvalue weighted by molar-refractivity contribution is 6.30. The van der Waals surface area contributed by atoms with E-state index in [-0.39, 0.29) is 17.4 Å². The number of aromatic amines is 1. The van der Waals surface area contributed by atoms with Crippen molar-refractivity contribution in [2.24, 2.45) is 0 Å². The van der Waals surface area contributed by atoms with Crippen molar-refractivity contribution in [1.82, 2.24) is 9.97 Å². The lowest BCUT2D eigenvalue weighted by molar-refractivity contribution is 0.739. The van der Waals surface area contributed by atoms with Gasteiger partial charge in [0.1, 0.15) is 6.07 Å². The molecule has 0 spiro atoms. The van der Waals surface area contributed by atoms with E-state index in [9.17, 15) is 10.1 Å². The number of nitriles is 1. The van der Waals surface area contributed by atoms with Gasteiger partial charge in [-0.2, -0.15) is 5.26 Å². The molecular formula is C15H14ClN5O. The number of nitrogens with two attached hydrogens (primary N) is 1. The van der Waals surface area contributed by atoms with Crippen molar-refractivity contribution >= 4 is 23.2 Å². The number of aromatic nitrogens is 2. The van der Waals surface area contributed by atoms with Crippen molar-refractivity contribution in [2.45, 2.75) is 12.3 Å². The van der Waals surface area contributed by atoms with E-state index in [0.717, 1.165) is 18.7 Å². The molecule has 3 N–H and O–H groups in total. The van der Waals surface area contributed by atoms with Gasteiger partial charge in [0.25, 0.3) is 5.56 Å². The lowest BCUT2D eigenvalue weighted by atomic mass is 10.0. The molecule has 0 radical (unpaired) electrons. The van der Waals surface area contributed by atoms with Crippen LogP contribution in [0.1, 0.15) is 23.6 Å². The van der Waals surface area contributed by atoms with Crippen LogP contribution in [0.15, 0.2) is 29.1 Å². The topological polar surface area (TPSA) is 98.8 Å². The molecule has 2 heterocycles. The molecule has 1 aliphatic rings. The smallest absolute Gasteiger partial charge is 0.252 e. The summed E-state index contributed by atoms with van der Waals surface area (Å²) in [5.41, 5.74) is 7.44. The molecule has 1 atom stereocenters. The SMILES string of the molecule is N#Cc1cc(Cl)ccc1N1CCC(c2cc(=O)[nH]c(N)n2)C1. The number of nitrogens with zero attached hydrogens (tertiary/aromatic N) is 3. The summed E-state index contributed by atoms with van der Waals surface area (Å²) in [6.45, 7) is 1.47. The van der Waals surface area contributed by atoms with Gasteiger partial charge in [-0.05, 0) is 24.6 Å². The summed E-state index contributed by atoms with van der Waals surface area (Å²) in [4.78, 5) is 20.3.